The maximum atomic E-state index is 6.37. The van der Waals surface area contributed by atoms with Crippen molar-refractivity contribution in [3.63, 3.8) is 0 Å². The van der Waals surface area contributed by atoms with Crippen LogP contribution in [0.1, 0.15) is 81.0 Å². The van der Waals surface area contributed by atoms with Crippen molar-refractivity contribution in [2.24, 2.45) is 0 Å². The van der Waals surface area contributed by atoms with E-state index in [0.29, 0.717) is 17.3 Å². The molecule has 0 aliphatic rings. The number of ether oxygens (including phenoxy) is 1. The summed E-state index contributed by atoms with van der Waals surface area (Å²) in [6.07, 6.45) is 5.75. The van der Waals surface area contributed by atoms with Gasteiger partial charge in [-0.3, -0.25) is 4.98 Å². The Morgan fingerprint density at radius 3 is 1.75 bits per heavy atom. The van der Waals surface area contributed by atoms with Crippen LogP contribution in [0.3, 0.4) is 0 Å². The molecule has 0 bridgehead atoms. The van der Waals surface area contributed by atoms with Crippen molar-refractivity contribution < 1.29 is 25.8 Å². The number of rotatable bonds is 7. The molecule has 0 atom stereocenters. The second kappa shape index (κ2) is 15.7. The number of pyridine rings is 1. The fourth-order valence-corrected chi connectivity index (χ4v) is 6.92. The summed E-state index contributed by atoms with van der Waals surface area (Å²) in [7, 11) is 0. The van der Waals surface area contributed by atoms with Gasteiger partial charge in [-0.15, -0.1) is 47.5 Å². The Balaban J connectivity index is 0.00000532. The van der Waals surface area contributed by atoms with Crippen molar-refractivity contribution in [3.8, 4) is 62.3 Å². The van der Waals surface area contributed by atoms with E-state index in [2.05, 4.69) is 129 Å². The quantitative estimate of drug-likeness (QED) is 0.148. The summed E-state index contributed by atoms with van der Waals surface area (Å²) in [6.45, 7) is 23.5. The van der Waals surface area contributed by atoms with E-state index in [4.69, 9.17) is 29.7 Å². The Bertz CT molecular complexity index is 2480. The van der Waals surface area contributed by atoms with Crippen LogP contribution in [-0.4, -0.2) is 29.5 Å². The number of aromatic nitrogens is 6. The number of hydrogen-bond donors (Lipinski definition) is 0. The van der Waals surface area contributed by atoms with E-state index in [0.717, 1.165) is 67.8 Å². The Morgan fingerprint density at radius 1 is 0.607 bits per heavy atom. The first-order valence-corrected chi connectivity index (χ1v) is 18.8. The molecule has 4 aromatic carbocycles. The molecule has 286 valence electrons. The molecule has 56 heavy (non-hydrogen) atoms. The standard InChI is InChI=1S/C48H48N6O.Pt/c1-29-15-12-16-30(2)42(29)54-22-21-49-44(54)35-18-14-20-38(26-35)55-37-19-13-17-34(25-37)40-27-39(33(5)28-50-40)41-31(3)23-36(24-32(41)4)43-51-45(47(6,7)8)53-46(52-43)48(9,10)11;/h12-24,27-28H,1-11H3;/q-2;+2. The summed E-state index contributed by atoms with van der Waals surface area (Å²) >= 11 is 0. The van der Waals surface area contributed by atoms with E-state index in [1.807, 2.05) is 55.0 Å². The minimum Gasteiger partial charge on any atom is -0.497 e. The summed E-state index contributed by atoms with van der Waals surface area (Å²) in [5.74, 6) is 4.25. The van der Waals surface area contributed by atoms with Crippen molar-refractivity contribution in [1.29, 1.82) is 0 Å². The first-order valence-electron chi connectivity index (χ1n) is 18.8. The summed E-state index contributed by atoms with van der Waals surface area (Å²) in [5, 5.41) is 0. The number of imidazole rings is 1. The molecule has 0 N–H and O–H groups in total. The fraction of sp³-hybridized carbons (Fsp3) is 0.271. The molecular weight excluding hydrogens is 872 g/mol. The van der Waals surface area contributed by atoms with E-state index >= 15 is 0 Å². The molecule has 0 unspecified atom stereocenters. The minimum atomic E-state index is -0.209. The van der Waals surface area contributed by atoms with Gasteiger partial charge in [0.05, 0.1) is 5.82 Å². The van der Waals surface area contributed by atoms with Crippen molar-refractivity contribution in [2.45, 2.75) is 87.0 Å². The molecule has 0 radical (unpaired) electrons. The van der Waals surface area contributed by atoms with Gasteiger partial charge in [-0.1, -0.05) is 77.9 Å². The normalized spacial score (nSPS) is 11.7. The van der Waals surface area contributed by atoms with Gasteiger partial charge in [-0.25, -0.2) is 15.0 Å². The average molecular weight is 920 g/mol. The van der Waals surface area contributed by atoms with Crippen LogP contribution in [0.4, 0.5) is 0 Å². The Hall–Kier alpha value is -5.26. The topological polar surface area (TPSA) is 78.6 Å². The Morgan fingerprint density at radius 2 is 1.16 bits per heavy atom. The van der Waals surface area contributed by atoms with E-state index in [9.17, 15) is 0 Å². The largest absolute Gasteiger partial charge is 2.00 e. The minimum absolute atomic E-state index is 0. The molecular formula is C48H48N6OPt. The van der Waals surface area contributed by atoms with Crippen LogP contribution in [0.5, 0.6) is 11.5 Å². The summed E-state index contributed by atoms with van der Waals surface area (Å²) in [5.41, 5.74) is 12.2. The van der Waals surface area contributed by atoms with E-state index in [1.54, 1.807) is 0 Å². The van der Waals surface area contributed by atoms with Crippen molar-refractivity contribution in [3.05, 3.63) is 143 Å². The van der Waals surface area contributed by atoms with Gasteiger partial charge < -0.3 is 14.3 Å². The van der Waals surface area contributed by atoms with E-state index in [1.165, 1.54) is 16.7 Å². The third-order valence-corrected chi connectivity index (χ3v) is 9.74. The number of para-hydroxylation sites is 1. The zero-order valence-corrected chi connectivity index (χ0v) is 36.3. The van der Waals surface area contributed by atoms with Gasteiger partial charge >= 0.3 is 21.1 Å². The third kappa shape index (κ3) is 8.29. The SMILES string of the molecule is Cc1cnc(-c2[c-]c(Oc3[c-]c(-c4nccn4-c4c(C)cccc4C)ccc3)ccc2)cc1-c1c(C)cc(-c2nc(C(C)(C)C)nc(C(C)(C)C)n2)cc1C.[Pt+2]. The maximum Gasteiger partial charge on any atom is 2.00 e. The smallest absolute Gasteiger partial charge is 0.497 e. The van der Waals surface area contributed by atoms with Crippen LogP contribution in [0, 0.1) is 46.8 Å². The molecule has 3 aromatic heterocycles. The second-order valence-electron chi connectivity index (χ2n) is 16.5. The van der Waals surface area contributed by atoms with Crippen LogP contribution in [-0.2, 0) is 31.9 Å². The Labute approximate surface area is 346 Å². The van der Waals surface area contributed by atoms with E-state index < -0.39 is 0 Å². The molecule has 0 amide bonds. The summed E-state index contributed by atoms with van der Waals surface area (Å²) in [6, 6.07) is 31.5. The van der Waals surface area contributed by atoms with Gasteiger partial charge in [0, 0.05) is 52.2 Å². The molecule has 0 aliphatic heterocycles. The summed E-state index contributed by atoms with van der Waals surface area (Å²) in [4.78, 5) is 24.4. The van der Waals surface area contributed by atoms with Gasteiger partial charge in [-0.2, -0.15) is 0 Å². The number of benzene rings is 4. The van der Waals surface area contributed by atoms with Crippen molar-refractivity contribution in [1.82, 2.24) is 29.5 Å². The van der Waals surface area contributed by atoms with Gasteiger partial charge in [-0.05, 0) is 91.4 Å². The molecule has 7 aromatic rings. The molecule has 0 saturated heterocycles. The molecule has 0 fully saturated rings. The first-order chi connectivity index (χ1) is 26.1. The van der Waals surface area contributed by atoms with E-state index in [-0.39, 0.29) is 31.9 Å². The monoisotopic (exact) mass is 919 g/mol. The molecule has 8 heteroatoms. The zero-order valence-electron chi connectivity index (χ0n) is 34.1. The average Bonchev–Trinajstić information content (AvgIpc) is 3.61. The second-order valence-corrected chi connectivity index (χ2v) is 16.5. The van der Waals surface area contributed by atoms with Crippen LogP contribution in [0.25, 0.3) is 50.8 Å². The van der Waals surface area contributed by atoms with Gasteiger partial charge in [0.15, 0.2) is 5.82 Å². The fourth-order valence-electron chi connectivity index (χ4n) is 6.92. The first kappa shape index (κ1) is 40.4. The molecule has 0 aliphatic carbocycles. The molecule has 3 heterocycles. The third-order valence-electron chi connectivity index (χ3n) is 9.74. The van der Waals surface area contributed by atoms with Crippen LogP contribution < -0.4 is 4.74 Å². The maximum absolute atomic E-state index is 6.37. The zero-order chi connectivity index (χ0) is 39.2. The van der Waals surface area contributed by atoms with Gasteiger partial charge in [0.2, 0.25) is 0 Å². The molecule has 0 saturated carbocycles. The molecule has 7 nitrogen and oxygen atoms in total. The number of aryl methyl sites for hydroxylation is 5. The summed E-state index contributed by atoms with van der Waals surface area (Å²) < 4.78 is 8.48. The van der Waals surface area contributed by atoms with Crippen molar-refractivity contribution >= 4 is 0 Å². The van der Waals surface area contributed by atoms with Crippen LogP contribution >= 0.6 is 0 Å². The number of nitrogens with zero attached hydrogens (tertiary/aromatic N) is 6. The predicted octanol–water partition coefficient (Wildman–Crippen LogP) is 11.6. The molecule has 0 spiro atoms. The van der Waals surface area contributed by atoms with Gasteiger partial charge in [0.1, 0.15) is 11.6 Å². The van der Waals surface area contributed by atoms with Crippen LogP contribution in [0.15, 0.2) is 91.4 Å². The predicted molar refractivity (Wildman–Crippen MR) is 222 cm³/mol. The van der Waals surface area contributed by atoms with Crippen molar-refractivity contribution in [2.75, 3.05) is 0 Å². The van der Waals surface area contributed by atoms with Gasteiger partial charge in [0.25, 0.3) is 0 Å². The number of hydrogen-bond acceptors (Lipinski definition) is 6. The Kier molecular flexibility index (Phi) is 11.3. The molecule has 7 rings (SSSR count). The van der Waals surface area contributed by atoms with Crippen LogP contribution in [0.2, 0.25) is 0 Å².